The standard InChI is InChI=1S/C18H26N2/c1-4-12-20(5-2)14-16-6-8-17(9-7-16)15(3)13-19-18-10-11-18/h1,6-9,15,18-19H,5,10-14H2,2-3H3. The minimum absolute atomic E-state index is 0.581. The van der Waals surface area contributed by atoms with Crippen molar-refractivity contribution in [3.63, 3.8) is 0 Å². The number of hydrogen-bond donors (Lipinski definition) is 1. The van der Waals surface area contributed by atoms with E-state index in [9.17, 15) is 0 Å². The van der Waals surface area contributed by atoms with Crippen LogP contribution in [0.15, 0.2) is 24.3 Å². The molecule has 2 heteroatoms. The minimum Gasteiger partial charge on any atom is -0.313 e. The summed E-state index contributed by atoms with van der Waals surface area (Å²) in [6, 6.07) is 9.79. The van der Waals surface area contributed by atoms with E-state index in [2.05, 4.69) is 54.3 Å². The van der Waals surface area contributed by atoms with Gasteiger partial charge in [0.25, 0.3) is 0 Å². The Morgan fingerprint density at radius 3 is 2.60 bits per heavy atom. The van der Waals surface area contributed by atoms with E-state index in [1.165, 1.54) is 24.0 Å². The lowest BCUT2D eigenvalue weighted by Crippen LogP contribution is -2.23. The van der Waals surface area contributed by atoms with Crippen molar-refractivity contribution in [1.29, 1.82) is 0 Å². The molecule has 0 aliphatic heterocycles. The quantitative estimate of drug-likeness (QED) is 0.731. The predicted octanol–water partition coefficient (Wildman–Crippen LogP) is 3.00. The average Bonchev–Trinajstić information content (AvgIpc) is 3.29. The van der Waals surface area contributed by atoms with Crippen LogP contribution in [0.5, 0.6) is 0 Å². The third kappa shape index (κ3) is 4.67. The molecule has 1 aromatic rings. The first-order valence-electron chi connectivity index (χ1n) is 7.71. The molecule has 1 N–H and O–H groups in total. The van der Waals surface area contributed by atoms with Crippen LogP contribution in [0.25, 0.3) is 0 Å². The molecular weight excluding hydrogens is 244 g/mol. The Morgan fingerprint density at radius 1 is 1.35 bits per heavy atom. The van der Waals surface area contributed by atoms with Gasteiger partial charge in [-0.05, 0) is 36.4 Å². The summed E-state index contributed by atoms with van der Waals surface area (Å²) in [5, 5.41) is 3.60. The molecule has 2 rings (SSSR count). The normalized spacial score (nSPS) is 16.1. The van der Waals surface area contributed by atoms with Crippen molar-refractivity contribution in [3.8, 4) is 12.3 Å². The summed E-state index contributed by atoms with van der Waals surface area (Å²) in [6.07, 6.45) is 8.10. The number of hydrogen-bond acceptors (Lipinski definition) is 2. The van der Waals surface area contributed by atoms with Gasteiger partial charge in [0, 0.05) is 19.1 Å². The molecule has 20 heavy (non-hydrogen) atoms. The summed E-state index contributed by atoms with van der Waals surface area (Å²) < 4.78 is 0. The lowest BCUT2D eigenvalue weighted by atomic mass is 9.99. The molecule has 1 aliphatic carbocycles. The molecule has 2 nitrogen and oxygen atoms in total. The van der Waals surface area contributed by atoms with Gasteiger partial charge < -0.3 is 5.32 Å². The van der Waals surface area contributed by atoms with Crippen molar-refractivity contribution in [2.45, 2.75) is 45.2 Å². The van der Waals surface area contributed by atoms with Crippen molar-refractivity contribution in [2.24, 2.45) is 0 Å². The fraction of sp³-hybridized carbons (Fsp3) is 0.556. The lowest BCUT2D eigenvalue weighted by molar-refractivity contribution is 0.316. The van der Waals surface area contributed by atoms with Crippen LogP contribution >= 0.6 is 0 Å². The van der Waals surface area contributed by atoms with E-state index in [1.807, 2.05) is 0 Å². The third-order valence-corrected chi connectivity index (χ3v) is 4.01. The highest BCUT2D eigenvalue weighted by atomic mass is 15.1. The summed E-state index contributed by atoms with van der Waals surface area (Å²) in [5.41, 5.74) is 2.76. The van der Waals surface area contributed by atoms with Crippen LogP contribution in [0.2, 0.25) is 0 Å². The molecule has 1 saturated carbocycles. The molecule has 1 fully saturated rings. The second kappa shape index (κ2) is 7.47. The van der Waals surface area contributed by atoms with E-state index in [1.54, 1.807) is 0 Å². The first-order valence-corrected chi connectivity index (χ1v) is 7.71. The van der Waals surface area contributed by atoms with E-state index in [-0.39, 0.29) is 0 Å². The topological polar surface area (TPSA) is 15.3 Å². The van der Waals surface area contributed by atoms with Gasteiger partial charge >= 0.3 is 0 Å². The van der Waals surface area contributed by atoms with Crippen LogP contribution in [-0.2, 0) is 6.54 Å². The Labute approximate surface area is 123 Å². The smallest absolute Gasteiger partial charge is 0.0601 e. The SMILES string of the molecule is C#CCN(CC)Cc1ccc(C(C)CNC2CC2)cc1. The van der Waals surface area contributed by atoms with Gasteiger partial charge in [-0.25, -0.2) is 0 Å². The molecular formula is C18H26N2. The van der Waals surface area contributed by atoms with Gasteiger partial charge in [-0.15, -0.1) is 6.42 Å². The number of benzene rings is 1. The first kappa shape index (κ1) is 15.1. The van der Waals surface area contributed by atoms with Gasteiger partial charge in [0.15, 0.2) is 0 Å². The van der Waals surface area contributed by atoms with Gasteiger partial charge in [-0.2, -0.15) is 0 Å². The molecule has 0 heterocycles. The predicted molar refractivity (Wildman–Crippen MR) is 85.7 cm³/mol. The van der Waals surface area contributed by atoms with Crippen molar-refractivity contribution >= 4 is 0 Å². The number of rotatable bonds is 8. The van der Waals surface area contributed by atoms with Crippen molar-refractivity contribution < 1.29 is 0 Å². The monoisotopic (exact) mass is 270 g/mol. The maximum Gasteiger partial charge on any atom is 0.0601 e. The van der Waals surface area contributed by atoms with Crippen molar-refractivity contribution in [3.05, 3.63) is 35.4 Å². The fourth-order valence-electron chi connectivity index (χ4n) is 2.37. The van der Waals surface area contributed by atoms with Crippen molar-refractivity contribution in [2.75, 3.05) is 19.6 Å². The molecule has 1 aromatic carbocycles. The van der Waals surface area contributed by atoms with E-state index in [0.717, 1.165) is 32.2 Å². The van der Waals surface area contributed by atoms with Crippen LogP contribution in [-0.4, -0.2) is 30.6 Å². The van der Waals surface area contributed by atoms with E-state index in [0.29, 0.717) is 5.92 Å². The van der Waals surface area contributed by atoms with Crippen LogP contribution in [0.1, 0.15) is 43.7 Å². The molecule has 0 radical (unpaired) electrons. The number of nitrogens with one attached hydrogen (secondary N) is 1. The molecule has 108 valence electrons. The van der Waals surface area contributed by atoms with Gasteiger partial charge in [0.2, 0.25) is 0 Å². The Hall–Kier alpha value is -1.30. The minimum atomic E-state index is 0.581. The third-order valence-electron chi connectivity index (χ3n) is 4.01. The molecule has 1 atom stereocenters. The van der Waals surface area contributed by atoms with Crippen LogP contribution in [0.3, 0.4) is 0 Å². The fourth-order valence-corrected chi connectivity index (χ4v) is 2.37. The van der Waals surface area contributed by atoms with Crippen LogP contribution < -0.4 is 5.32 Å². The second-order valence-corrected chi connectivity index (χ2v) is 5.83. The van der Waals surface area contributed by atoms with E-state index >= 15 is 0 Å². The van der Waals surface area contributed by atoms with Gasteiger partial charge in [-0.3, -0.25) is 4.90 Å². The average molecular weight is 270 g/mol. The highest BCUT2D eigenvalue weighted by Gasteiger charge is 2.21. The lowest BCUT2D eigenvalue weighted by Gasteiger charge is -2.18. The summed E-state index contributed by atoms with van der Waals surface area (Å²) >= 11 is 0. The molecule has 0 bridgehead atoms. The highest BCUT2D eigenvalue weighted by Crippen LogP contribution is 2.21. The number of terminal acetylenes is 1. The zero-order valence-corrected chi connectivity index (χ0v) is 12.7. The Bertz CT molecular complexity index is 439. The molecule has 0 amide bonds. The summed E-state index contributed by atoms with van der Waals surface area (Å²) in [5.74, 6) is 3.30. The van der Waals surface area contributed by atoms with Crippen molar-refractivity contribution in [1.82, 2.24) is 10.2 Å². The zero-order valence-electron chi connectivity index (χ0n) is 12.7. The van der Waals surface area contributed by atoms with Gasteiger partial charge in [0.05, 0.1) is 6.54 Å². The first-order chi connectivity index (χ1) is 9.72. The van der Waals surface area contributed by atoms with Gasteiger partial charge in [0.1, 0.15) is 0 Å². The molecule has 0 aromatic heterocycles. The zero-order chi connectivity index (χ0) is 14.4. The maximum absolute atomic E-state index is 5.39. The summed E-state index contributed by atoms with van der Waals surface area (Å²) in [4.78, 5) is 2.27. The number of nitrogens with zero attached hydrogens (tertiary/aromatic N) is 1. The van der Waals surface area contributed by atoms with Crippen LogP contribution in [0.4, 0.5) is 0 Å². The summed E-state index contributed by atoms with van der Waals surface area (Å²) in [6.45, 7) is 8.18. The Morgan fingerprint density at radius 2 is 2.05 bits per heavy atom. The Balaban J connectivity index is 1.86. The maximum atomic E-state index is 5.39. The highest BCUT2D eigenvalue weighted by molar-refractivity contribution is 5.25. The van der Waals surface area contributed by atoms with E-state index < -0.39 is 0 Å². The summed E-state index contributed by atoms with van der Waals surface area (Å²) in [7, 11) is 0. The second-order valence-electron chi connectivity index (χ2n) is 5.83. The van der Waals surface area contributed by atoms with Crippen LogP contribution in [0, 0.1) is 12.3 Å². The molecule has 1 unspecified atom stereocenters. The largest absolute Gasteiger partial charge is 0.313 e. The van der Waals surface area contributed by atoms with Gasteiger partial charge in [-0.1, -0.05) is 44.0 Å². The Kier molecular flexibility index (Phi) is 5.64. The molecule has 0 saturated heterocycles. The molecule has 0 spiro atoms. The molecule has 1 aliphatic rings. The van der Waals surface area contributed by atoms with E-state index in [4.69, 9.17) is 6.42 Å².